The predicted molar refractivity (Wildman–Crippen MR) is 104 cm³/mol. The molecule has 1 aliphatic carbocycles. The zero-order chi connectivity index (χ0) is 20.6. The van der Waals surface area contributed by atoms with Gasteiger partial charge in [-0.25, -0.2) is 0 Å². The van der Waals surface area contributed by atoms with Crippen LogP contribution in [-0.4, -0.2) is 41.6 Å². The smallest absolute Gasteiger partial charge is 0.269 e. The molecule has 4 rings (SSSR count). The summed E-state index contributed by atoms with van der Waals surface area (Å²) in [6.07, 6.45) is 1.52. The van der Waals surface area contributed by atoms with Crippen molar-refractivity contribution in [1.29, 1.82) is 0 Å². The van der Waals surface area contributed by atoms with E-state index in [9.17, 15) is 19.2 Å². The van der Waals surface area contributed by atoms with Crippen LogP contribution in [0.5, 0.6) is 0 Å². The van der Waals surface area contributed by atoms with E-state index in [2.05, 4.69) is 20.9 Å². The van der Waals surface area contributed by atoms with Crippen molar-refractivity contribution in [2.24, 2.45) is 17.3 Å². The highest BCUT2D eigenvalue weighted by atomic mass is 16.2. The summed E-state index contributed by atoms with van der Waals surface area (Å²) in [4.78, 5) is 54.1. The van der Waals surface area contributed by atoms with Crippen LogP contribution in [0, 0.1) is 17.3 Å². The third kappa shape index (κ3) is 3.16. The Bertz CT molecular complexity index is 1010. The highest BCUT2D eigenvalue weighted by molar-refractivity contribution is 6.19. The number of ketones is 1. The van der Waals surface area contributed by atoms with Gasteiger partial charge in [-0.2, -0.15) is 0 Å². The molecule has 0 saturated heterocycles. The second-order valence-corrected chi connectivity index (χ2v) is 7.36. The predicted octanol–water partition coefficient (Wildman–Crippen LogP) is 1.01. The van der Waals surface area contributed by atoms with Crippen LogP contribution in [0.4, 0.5) is 5.69 Å². The number of para-hydroxylation sites is 1. The number of fused-ring (bicyclic) bond motifs is 2. The molecule has 3 atom stereocenters. The van der Waals surface area contributed by atoms with Gasteiger partial charge in [-0.15, -0.1) is 0 Å². The largest absolute Gasteiger partial charge is 0.354 e. The van der Waals surface area contributed by atoms with Gasteiger partial charge in [0, 0.05) is 24.8 Å². The second kappa shape index (κ2) is 7.12. The van der Waals surface area contributed by atoms with Gasteiger partial charge in [0.05, 0.1) is 22.9 Å². The number of rotatable bonds is 5. The minimum Gasteiger partial charge on any atom is -0.354 e. The second-order valence-electron chi connectivity index (χ2n) is 7.36. The molecule has 1 saturated carbocycles. The molecule has 2 heterocycles. The number of amides is 3. The number of nitrogens with one attached hydrogen (secondary N) is 3. The third-order valence-electron chi connectivity index (χ3n) is 5.61. The first-order valence-electron chi connectivity index (χ1n) is 9.36. The van der Waals surface area contributed by atoms with Gasteiger partial charge in [0.1, 0.15) is 5.69 Å². The minimum absolute atomic E-state index is 0.184. The fourth-order valence-corrected chi connectivity index (χ4v) is 3.99. The molecule has 148 valence electrons. The average molecular weight is 392 g/mol. The minimum atomic E-state index is -1.06. The first-order valence-corrected chi connectivity index (χ1v) is 9.36. The van der Waals surface area contributed by atoms with Gasteiger partial charge < -0.3 is 16.0 Å². The number of anilines is 1. The maximum atomic E-state index is 13.0. The number of carbonyl (C=O) groups is 4. The van der Waals surface area contributed by atoms with Gasteiger partial charge in [-0.1, -0.05) is 25.1 Å². The Balaban J connectivity index is 1.36. The monoisotopic (exact) mass is 392 g/mol. The Hall–Kier alpha value is -3.55. The standard InChI is InChI=1S/C21H20N4O4/c1-21-15(16(21)20(29)25-13-7-3-2-6-12(13)17(21)26)19(28)24-11-10-23-18(27)14-8-4-5-9-22-14/h2-9,15-16H,10-11H2,1H3,(H,23,27)(H,24,28)(H,25,29)/t15-,16?,21+/m0/s1. The Kier molecular flexibility index (Phi) is 4.62. The number of nitrogens with zero attached hydrogens (tertiary/aromatic N) is 1. The summed E-state index contributed by atoms with van der Waals surface area (Å²) in [7, 11) is 0. The normalized spacial score (nSPS) is 24.4. The van der Waals surface area contributed by atoms with Crippen molar-refractivity contribution in [1.82, 2.24) is 15.6 Å². The van der Waals surface area contributed by atoms with Crippen LogP contribution < -0.4 is 16.0 Å². The molecule has 0 radical (unpaired) electrons. The number of Topliss-reactive ketones (excluding diaryl/α,β-unsaturated/α-hetero) is 1. The van der Waals surface area contributed by atoms with Crippen molar-refractivity contribution in [2.75, 3.05) is 18.4 Å². The highest BCUT2D eigenvalue weighted by Crippen LogP contribution is 2.62. The molecular formula is C21H20N4O4. The van der Waals surface area contributed by atoms with Crippen molar-refractivity contribution in [3.63, 3.8) is 0 Å². The van der Waals surface area contributed by atoms with Crippen LogP contribution in [0.25, 0.3) is 0 Å². The van der Waals surface area contributed by atoms with E-state index in [0.29, 0.717) is 11.3 Å². The van der Waals surface area contributed by atoms with Crippen LogP contribution in [0.1, 0.15) is 27.8 Å². The molecule has 1 unspecified atom stereocenters. The van der Waals surface area contributed by atoms with Gasteiger partial charge in [-0.05, 0) is 24.3 Å². The first-order chi connectivity index (χ1) is 13.9. The Morgan fingerprint density at radius 3 is 2.55 bits per heavy atom. The summed E-state index contributed by atoms with van der Waals surface area (Å²) in [5, 5.41) is 8.13. The number of pyridine rings is 1. The topological polar surface area (TPSA) is 117 Å². The van der Waals surface area contributed by atoms with E-state index >= 15 is 0 Å². The fraction of sp³-hybridized carbons (Fsp3) is 0.286. The lowest BCUT2D eigenvalue weighted by Crippen LogP contribution is -2.37. The van der Waals surface area contributed by atoms with E-state index in [1.807, 2.05) is 0 Å². The van der Waals surface area contributed by atoms with E-state index in [4.69, 9.17) is 0 Å². The van der Waals surface area contributed by atoms with Crippen molar-refractivity contribution in [2.45, 2.75) is 6.92 Å². The van der Waals surface area contributed by atoms with E-state index in [1.54, 1.807) is 49.4 Å². The van der Waals surface area contributed by atoms with Crippen molar-refractivity contribution in [3.8, 4) is 0 Å². The highest BCUT2D eigenvalue weighted by Gasteiger charge is 2.73. The lowest BCUT2D eigenvalue weighted by atomic mass is 9.92. The third-order valence-corrected chi connectivity index (χ3v) is 5.61. The molecule has 1 aromatic carbocycles. The number of benzene rings is 1. The van der Waals surface area contributed by atoms with Crippen LogP contribution in [0.15, 0.2) is 48.7 Å². The number of aromatic nitrogens is 1. The number of carbonyl (C=O) groups excluding carboxylic acids is 4. The molecule has 3 N–H and O–H groups in total. The quantitative estimate of drug-likeness (QED) is 0.657. The SMILES string of the molecule is C[C@]12C(=O)c3ccccc3NC(=O)C1[C@H]2C(=O)NCCNC(=O)c1ccccn1. The van der Waals surface area contributed by atoms with Crippen LogP contribution in [0.3, 0.4) is 0 Å². The van der Waals surface area contributed by atoms with Gasteiger partial charge in [0.15, 0.2) is 5.78 Å². The van der Waals surface area contributed by atoms with Crippen LogP contribution >= 0.6 is 0 Å². The van der Waals surface area contributed by atoms with Gasteiger partial charge in [0.25, 0.3) is 5.91 Å². The first kappa shape index (κ1) is 18.8. The molecule has 29 heavy (non-hydrogen) atoms. The molecule has 2 aliphatic rings. The van der Waals surface area contributed by atoms with Gasteiger partial charge in [-0.3, -0.25) is 24.2 Å². The fourth-order valence-electron chi connectivity index (χ4n) is 3.99. The van der Waals surface area contributed by atoms with Gasteiger partial charge in [0.2, 0.25) is 11.8 Å². The summed E-state index contributed by atoms with van der Waals surface area (Å²) < 4.78 is 0. The molecule has 0 spiro atoms. The summed E-state index contributed by atoms with van der Waals surface area (Å²) in [6, 6.07) is 11.8. The molecular weight excluding hydrogens is 372 g/mol. The van der Waals surface area contributed by atoms with E-state index < -0.39 is 17.3 Å². The lowest BCUT2D eigenvalue weighted by Gasteiger charge is -2.12. The Morgan fingerprint density at radius 2 is 1.79 bits per heavy atom. The van der Waals surface area contributed by atoms with E-state index in [-0.39, 0.29) is 42.3 Å². The van der Waals surface area contributed by atoms with Gasteiger partial charge >= 0.3 is 0 Å². The summed E-state index contributed by atoms with van der Waals surface area (Å²) in [5.41, 5.74) is 0.130. The molecule has 0 bridgehead atoms. The maximum Gasteiger partial charge on any atom is 0.269 e. The zero-order valence-electron chi connectivity index (χ0n) is 15.8. The Morgan fingerprint density at radius 1 is 1.07 bits per heavy atom. The molecule has 1 aromatic heterocycles. The molecule has 1 aliphatic heterocycles. The average Bonchev–Trinajstić information content (AvgIpc) is 3.39. The number of hydrogen-bond acceptors (Lipinski definition) is 5. The summed E-state index contributed by atoms with van der Waals surface area (Å²) in [5.74, 6) is -2.67. The molecule has 8 heteroatoms. The van der Waals surface area contributed by atoms with E-state index in [1.165, 1.54) is 6.20 Å². The molecule has 1 fully saturated rings. The number of hydrogen-bond donors (Lipinski definition) is 3. The molecule has 3 amide bonds. The van der Waals surface area contributed by atoms with Crippen molar-refractivity contribution < 1.29 is 19.2 Å². The summed E-state index contributed by atoms with van der Waals surface area (Å²) >= 11 is 0. The van der Waals surface area contributed by atoms with Crippen molar-refractivity contribution in [3.05, 3.63) is 59.9 Å². The molecule has 8 nitrogen and oxygen atoms in total. The van der Waals surface area contributed by atoms with E-state index in [0.717, 1.165) is 0 Å². The van der Waals surface area contributed by atoms with Crippen molar-refractivity contribution >= 4 is 29.2 Å². The Labute approximate surface area is 167 Å². The van der Waals surface area contributed by atoms with Crippen LogP contribution in [0.2, 0.25) is 0 Å². The molecule has 2 aromatic rings. The maximum absolute atomic E-state index is 13.0. The lowest BCUT2D eigenvalue weighted by molar-refractivity contribution is -0.125. The zero-order valence-corrected chi connectivity index (χ0v) is 15.8. The van der Waals surface area contributed by atoms with Crippen LogP contribution in [-0.2, 0) is 9.59 Å². The summed E-state index contributed by atoms with van der Waals surface area (Å²) in [6.45, 7) is 2.05.